The molecule has 1 fully saturated rings. The summed E-state index contributed by atoms with van der Waals surface area (Å²) in [7, 11) is 3.17. The van der Waals surface area contributed by atoms with Crippen molar-refractivity contribution < 1.29 is 14.3 Å². The topological polar surface area (TPSA) is 42.0 Å². The van der Waals surface area contributed by atoms with E-state index in [9.17, 15) is 4.79 Å². The molecule has 0 N–H and O–H groups in total. The quantitative estimate of drug-likeness (QED) is 0.746. The Bertz CT molecular complexity index is 750. The minimum atomic E-state index is 0.106. The van der Waals surface area contributed by atoms with Gasteiger partial charge in [0.2, 0.25) is 0 Å². The van der Waals surface area contributed by atoms with Crippen molar-refractivity contribution in [2.24, 2.45) is 0 Å². The molecule has 5 nitrogen and oxygen atoms in total. The second kappa shape index (κ2) is 8.23. The summed E-state index contributed by atoms with van der Waals surface area (Å²) in [6.07, 6.45) is 0. The van der Waals surface area contributed by atoms with Crippen molar-refractivity contribution in [2.45, 2.75) is 6.92 Å². The Hall–Kier alpha value is -2.53. The van der Waals surface area contributed by atoms with E-state index in [-0.39, 0.29) is 5.78 Å². The van der Waals surface area contributed by atoms with Crippen LogP contribution in [0, 0.1) is 6.92 Å². The molecule has 0 aromatic heterocycles. The fourth-order valence-corrected chi connectivity index (χ4v) is 3.22. The normalized spacial score (nSPS) is 15.0. The fourth-order valence-electron chi connectivity index (χ4n) is 3.22. The molecule has 1 saturated heterocycles. The Morgan fingerprint density at radius 2 is 1.58 bits per heavy atom. The highest BCUT2D eigenvalue weighted by Crippen LogP contribution is 2.27. The van der Waals surface area contributed by atoms with Crippen LogP contribution in [0.3, 0.4) is 0 Å². The van der Waals surface area contributed by atoms with E-state index >= 15 is 0 Å². The molecule has 0 amide bonds. The number of piperazine rings is 1. The molecule has 138 valence electrons. The van der Waals surface area contributed by atoms with Crippen LogP contribution in [0.25, 0.3) is 0 Å². The number of ether oxygens (including phenoxy) is 2. The molecule has 5 heteroatoms. The van der Waals surface area contributed by atoms with Gasteiger partial charge in [0.25, 0.3) is 0 Å². The third-order valence-electron chi connectivity index (χ3n) is 4.84. The average Bonchev–Trinajstić information content (AvgIpc) is 2.68. The van der Waals surface area contributed by atoms with Gasteiger partial charge in [0, 0.05) is 37.4 Å². The third-order valence-corrected chi connectivity index (χ3v) is 4.84. The maximum Gasteiger partial charge on any atom is 0.176 e. The van der Waals surface area contributed by atoms with Crippen molar-refractivity contribution in [3.05, 3.63) is 53.6 Å². The van der Waals surface area contributed by atoms with Gasteiger partial charge < -0.3 is 14.4 Å². The van der Waals surface area contributed by atoms with Crippen LogP contribution in [-0.2, 0) is 0 Å². The first-order valence-corrected chi connectivity index (χ1v) is 8.90. The number of anilines is 1. The lowest BCUT2D eigenvalue weighted by Gasteiger charge is -2.35. The van der Waals surface area contributed by atoms with Crippen LogP contribution in [0.2, 0.25) is 0 Å². The highest BCUT2D eigenvalue weighted by molar-refractivity contribution is 5.98. The molecule has 0 radical (unpaired) electrons. The van der Waals surface area contributed by atoms with E-state index in [1.54, 1.807) is 32.4 Å². The average molecular weight is 354 g/mol. The molecule has 1 aliphatic heterocycles. The van der Waals surface area contributed by atoms with E-state index in [1.807, 2.05) is 0 Å². The highest BCUT2D eigenvalue weighted by atomic mass is 16.5. The number of carbonyl (C=O) groups is 1. The summed E-state index contributed by atoms with van der Waals surface area (Å²) in [6, 6.07) is 13.9. The number of carbonyl (C=O) groups excluding carboxylic acids is 1. The van der Waals surface area contributed by atoms with Gasteiger partial charge >= 0.3 is 0 Å². The molecule has 0 saturated carbocycles. The standard InChI is InChI=1S/C21H26N2O3/c1-16-4-7-18(8-5-16)23-12-10-22(11-13-23)15-19(24)17-6-9-20(25-2)21(14-17)26-3/h4-9,14H,10-13,15H2,1-3H3. The number of hydrogen-bond acceptors (Lipinski definition) is 5. The third kappa shape index (κ3) is 4.17. The summed E-state index contributed by atoms with van der Waals surface area (Å²) in [5.41, 5.74) is 3.18. The van der Waals surface area contributed by atoms with E-state index in [0.717, 1.165) is 26.2 Å². The predicted molar refractivity (Wildman–Crippen MR) is 104 cm³/mol. The summed E-state index contributed by atoms with van der Waals surface area (Å²) < 4.78 is 10.5. The number of ketones is 1. The molecular weight excluding hydrogens is 328 g/mol. The number of benzene rings is 2. The molecule has 0 atom stereocenters. The Labute approximate surface area is 155 Å². The largest absolute Gasteiger partial charge is 0.493 e. The lowest BCUT2D eigenvalue weighted by molar-refractivity contribution is 0.0926. The molecule has 0 aliphatic carbocycles. The molecule has 3 rings (SSSR count). The first-order valence-electron chi connectivity index (χ1n) is 8.90. The molecular formula is C21H26N2O3. The van der Waals surface area contributed by atoms with Crippen molar-refractivity contribution in [3.8, 4) is 11.5 Å². The lowest BCUT2D eigenvalue weighted by atomic mass is 10.1. The Balaban J connectivity index is 1.57. The van der Waals surface area contributed by atoms with Gasteiger partial charge in [0.15, 0.2) is 17.3 Å². The van der Waals surface area contributed by atoms with Crippen LogP contribution in [0.15, 0.2) is 42.5 Å². The van der Waals surface area contributed by atoms with E-state index in [4.69, 9.17) is 9.47 Å². The molecule has 26 heavy (non-hydrogen) atoms. The maximum atomic E-state index is 12.6. The zero-order chi connectivity index (χ0) is 18.5. The number of nitrogens with zero attached hydrogens (tertiary/aromatic N) is 2. The monoisotopic (exact) mass is 354 g/mol. The SMILES string of the molecule is COc1ccc(C(=O)CN2CCN(c3ccc(C)cc3)CC2)cc1OC. The van der Waals surface area contributed by atoms with Gasteiger partial charge in [0.1, 0.15) is 0 Å². The van der Waals surface area contributed by atoms with Gasteiger partial charge in [-0.3, -0.25) is 9.69 Å². The molecule has 1 heterocycles. The van der Waals surface area contributed by atoms with Crippen molar-refractivity contribution in [3.63, 3.8) is 0 Å². The van der Waals surface area contributed by atoms with E-state index in [1.165, 1.54) is 11.3 Å². The molecule has 2 aromatic rings. The summed E-state index contributed by atoms with van der Waals surface area (Å²) in [5.74, 6) is 1.33. The molecule has 0 spiro atoms. The first kappa shape index (κ1) is 18.3. The van der Waals surface area contributed by atoms with Gasteiger partial charge in [0.05, 0.1) is 20.8 Å². The van der Waals surface area contributed by atoms with Gasteiger partial charge in [-0.2, -0.15) is 0 Å². The van der Waals surface area contributed by atoms with Crippen LogP contribution >= 0.6 is 0 Å². The number of methoxy groups -OCH3 is 2. The van der Waals surface area contributed by atoms with Gasteiger partial charge in [-0.1, -0.05) is 17.7 Å². The zero-order valence-electron chi connectivity index (χ0n) is 15.7. The van der Waals surface area contributed by atoms with E-state index < -0.39 is 0 Å². The summed E-state index contributed by atoms with van der Waals surface area (Å²) in [5, 5.41) is 0. The molecule has 1 aliphatic rings. The number of rotatable bonds is 6. The van der Waals surface area contributed by atoms with Gasteiger partial charge in [-0.25, -0.2) is 0 Å². The van der Waals surface area contributed by atoms with E-state index in [2.05, 4.69) is 41.0 Å². The minimum absolute atomic E-state index is 0.106. The number of Topliss-reactive ketones (excluding diaryl/α,β-unsaturated/α-hetero) is 1. The van der Waals surface area contributed by atoms with Crippen molar-refractivity contribution >= 4 is 11.5 Å². The van der Waals surface area contributed by atoms with E-state index in [0.29, 0.717) is 23.6 Å². The zero-order valence-corrected chi connectivity index (χ0v) is 15.7. The minimum Gasteiger partial charge on any atom is -0.493 e. The first-order chi connectivity index (χ1) is 12.6. The van der Waals surface area contributed by atoms with Gasteiger partial charge in [-0.15, -0.1) is 0 Å². The summed E-state index contributed by atoms with van der Waals surface area (Å²) in [6.45, 7) is 6.16. The van der Waals surface area contributed by atoms with Crippen molar-refractivity contribution in [2.75, 3.05) is 51.8 Å². The van der Waals surface area contributed by atoms with Crippen LogP contribution < -0.4 is 14.4 Å². The van der Waals surface area contributed by atoms with Crippen LogP contribution in [0.1, 0.15) is 15.9 Å². The fraction of sp³-hybridized carbons (Fsp3) is 0.381. The maximum absolute atomic E-state index is 12.6. The van der Waals surface area contributed by atoms with Crippen LogP contribution in [-0.4, -0.2) is 57.6 Å². The summed E-state index contributed by atoms with van der Waals surface area (Å²) >= 11 is 0. The smallest absolute Gasteiger partial charge is 0.176 e. The van der Waals surface area contributed by atoms with Gasteiger partial charge in [-0.05, 0) is 37.3 Å². The van der Waals surface area contributed by atoms with Crippen LogP contribution in [0.5, 0.6) is 11.5 Å². The highest BCUT2D eigenvalue weighted by Gasteiger charge is 2.20. The lowest BCUT2D eigenvalue weighted by Crippen LogP contribution is -2.48. The van der Waals surface area contributed by atoms with Crippen molar-refractivity contribution in [1.82, 2.24) is 4.90 Å². The second-order valence-electron chi connectivity index (χ2n) is 6.59. The molecule has 0 unspecified atom stereocenters. The Morgan fingerprint density at radius 1 is 0.923 bits per heavy atom. The Kier molecular flexibility index (Phi) is 5.78. The Morgan fingerprint density at radius 3 is 2.19 bits per heavy atom. The number of aryl methyl sites for hydroxylation is 1. The molecule has 0 bridgehead atoms. The molecule has 2 aromatic carbocycles. The van der Waals surface area contributed by atoms with Crippen molar-refractivity contribution in [1.29, 1.82) is 0 Å². The second-order valence-corrected chi connectivity index (χ2v) is 6.59. The number of hydrogen-bond donors (Lipinski definition) is 0. The van der Waals surface area contributed by atoms with Crippen LogP contribution in [0.4, 0.5) is 5.69 Å². The predicted octanol–water partition coefficient (Wildman–Crippen LogP) is 3.02. The summed E-state index contributed by atoms with van der Waals surface area (Å²) in [4.78, 5) is 17.2.